The summed E-state index contributed by atoms with van der Waals surface area (Å²) in [5.74, 6) is -1.33. The van der Waals surface area contributed by atoms with E-state index in [-0.39, 0.29) is 23.8 Å². The summed E-state index contributed by atoms with van der Waals surface area (Å²) in [4.78, 5) is 10.9. The molecule has 2 aliphatic heterocycles. The first-order valence-corrected chi connectivity index (χ1v) is 7.40. The van der Waals surface area contributed by atoms with Crippen LogP contribution < -0.4 is 4.72 Å². The lowest BCUT2D eigenvalue weighted by Gasteiger charge is -2.19. The lowest BCUT2D eigenvalue weighted by atomic mass is 9.96. The molecule has 1 aromatic heterocycles. The molecule has 2 aliphatic rings. The summed E-state index contributed by atoms with van der Waals surface area (Å²) in [5, 5.41) is 14.2. The van der Waals surface area contributed by atoms with E-state index in [2.05, 4.69) is 14.9 Å². The van der Waals surface area contributed by atoms with Crippen LogP contribution in [0.25, 0.3) is 0 Å². The summed E-state index contributed by atoms with van der Waals surface area (Å²) in [6.07, 6.45) is 3.38. The van der Waals surface area contributed by atoms with E-state index in [9.17, 15) is 13.2 Å². The molecule has 19 heavy (non-hydrogen) atoms. The van der Waals surface area contributed by atoms with Crippen molar-refractivity contribution in [3.8, 4) is 0 Å². The number of rotatable bonds is 4. The standard InChI is InChI=1S/C10H13N3O5S/c14-10(15)6-4-11-12-9(6)19(16,17)13-7-3-5-1-2-8(7)18-5/h4-5,7-8,13H,1-3H2,(H,11,12)(H,14,15). The maximum atomic E-state index is 12.1. The number of nitrogens with zero attached hydrogens (tertiary/aromatic N) is 1. The zero-order valence-electron chi connectivity index (χ0n) is 9.87. The van der Waals surface area contributed by atoms with Gasteiger partial charge < -0.3 is 9.84 Å². The molecule has 8 nitrogen and oxygen atoms in total. The first kappa shape index (κ1) is 12.6. The average molecular weight is 287 g/mol. The minimum Gasteiger partial charge on any atom is -0.478 e. The summed E-state index contributed by atoms with van der Waals surface area (Å²) in [6, 6.07) is -0.298. The van der Waals surface area contributed by atoms with Crippen LogP contribution in [-0.4, -0.2) is 47.9 Å². The molecule has 0 aromatic carbocycles. The van der Waals surface area contributed by atoms with Crippen molar-refractivity contribution in [2.75, 3.05) is 0 Å². The van der Waals surface area contributed by atoms with Crippen LogP contribution in [0.15, 0.2) is 11.2 Å². The highest BCUT2D eigenvalue weighted by Gasteiger charge is 2.43. The molecule has 3 N–H and O–H groups in total. The molecular weight excluding hydrogens is 274 g/mol. The zero-order chi connectivity index (χ0) is 13.6. The third-order valence-electron chi connectivity index (χ3n) is 3.52. The number of carbonyl (C=O) groups is 1. The first-order chi connectivity index (χ1) is 8.97. The Balaban J connectivity index is 1.83. The SMILES string of the molecule is O=C(O)c1cn[nH]c1S(=O)(=O)NC1CC2CCC1O2. The molecule has 0 aliphatic carbocycles. The number of hydrogen-bond acceptors (Lipinski definition) is 5. The van der Waals surface area contributed by atoms with Crippen LogP contribution in [0.1, 0.15) is 29.6 Å². The summed E-state index contributed by atoms with van der Waals surface area (Å²) >= 11 is 0. The molecule has 0 radical (unpaired) electrons. The molecule has 104 valence electrons. The van der Waals surface area contributed by atoms with E-state index in [0.29, 0.717) is 6.42 Å². The minimum absolute atomic E-state index is 0.110. The molecule has 2 bridgehead atoms. The highest BCUT2D eigenvalue weighted by Crippen LogP contribution is 2.35. The van der Waals surface area contributed by atoms with Gasteiger partial charge in [0.1, 0.15) is 5.56 Å². The Bertz CT molecular complexity index is 610. The molecule has 0 saturated carbocycles. The molecule has 0 amide bonds. The number of aromatic carboxylic acids is 1. The first-order valence-electron chi connectivity index (χ1n) is 5.92. The Labute approximate surface area is 109 Å². The Morgan fingerprint density at radius 1 is 1.53 bits per heavy atom. The Morgan fingerprint density at radius 2 is 2.32 bits per heavy atom. The van der Waals surface area contributed by atoms with Crippen LogP contribution in [0.3, 0.4) is 0 Å². The number of carboxylic acid groups (broad SMARTS) is 1. The van der Waals surface area contributed by atoms with Crippen molar-refractivity contribution in [1.29, 1.82) is 0 Å². The van der Waals surface area contributed by atoms with Gasteiger partial charge in [0.2, 0.25) is 0 Å². The number of sulfonamides is 1. The van der Waals surface area contributed by atoms with Crippen LogP contribution in [-0.2, 0) is 14.8 Å². The van der Waals surface area contributed by atoms with Gasteiger partial charge in [0.25, 0.3) is 10.0 Å². The average Bonchev–Trinajstić information content (AvgIpc) is 3.04. The van der Waals surface area contributed by atoms with E-state index in [1.54, 1.807) is 0 Å². The molecule has 2 fully saturated rings. The van der Waals surface area contributed by atoms with Crippen molar-refractivity contribution in [2.45, 2.75) is 42.5 Å². The lowest BCUT2D eigenvalue weighted by Crippen LogP contribution is -2.41. The van der Waals surface area contributed by atoms with Gasteiger partial charge in [-0.2, -0.15) is 5.10 Å². The van der Waals surface area contributed by atoms with Crippen LogP contribution in [0.2, 0.25) is 0 Å². The van der Waals surface area contributed by atoms with Crippen LogP contribution in [0, 0.1) is 0 Å². The van der Waals surface area contributed by atoms with E-state index in [4.69, 9.17) is 9.84 Å². The van der Waals surface area contributed by atoms with E-state index >= 15 is 0 Å². The molecule has 3 atom stereocenters. The summed E-state index contributed by atoms with van der Waals surface area (Å²) in [5.41, 5.74) is -0.364. The van der Waals surface area contributed by atoms with Gasteiger partial charge in [0.15, 0.2) is 5.03 Å². The number of H-pyrrole nitrogens is 1. The summed E-state index contributed by atoms with van der Waals surface area (Å²) in [6.45, 7) is 0. The quantitative estimate of drug-likeness (QED) is 0.699. The van der Waals surface area contributed by atoms with Crippen molar-refractivity contribution in [1.82, 2.24) is 14.9 Å². The van der Waals surface area contributed by atoms with Crippen molar-refractivity contribution < 1.29 is 23.1 Å². The topological polar surface area (TPSA) is 121 Å². The van der Waals surface area contributed by atoms with Gasteiger partial charge in [-0.15, -0.1) is 0 Å². The predicted molar refractivity (Wildman–Crippen MR) is 62.2 cm³/mol. The minimum atomic E-state index is -3.93. The highest BCUT2D eigenvalue weighted by molar-refractivity contribution is 7.89. The number of ether oxygens (including phenoxy) is 1. The highest BCUT2D eigenvalue weighted by atomic mass is 32.2. The van der Waals surface area contributed by atoms with Crippen LogP contribution >= 0.6 is 0 Å². The van der Waals surface area contributed by atoms with E-state index in [1.165, 1.54) is 0 Å². The second-order valence-electron chi connectivity index (χ2n) is 4.76. The van der Waals surface area contributed by atoms with Crippen molar-refractivity contribution >= 4 is 16.0 Å². The summed E-state index contributed by atoms with van der Waals surface area (Å²) < 4.78 is 32.4. The van der Waals surface area contributed by atoms with Gasteiger partial charge in [-0.3, -0.25) is 5.10 Å². The smallest absolute Gasteiger partial charge is 0.340 e. The maximum Gasteiger partial charge on any atom is 0.340 e. The fourth-order valence-electron chi connectivity index (χ4n) is 2.65. The van der Waals surface area contributed by atoms with E-state index in [1.807, 2.05) is 0 Å². The third-order valence-corrected chi connectivity index (χ3v) is 4.98. The molecule has 2 saturated heterocycles. The van der Waals surface area contributed by atoms with Gasteiger partial charge in [-0.1, -0.05) is 0 Å². The number of aromatic amines is 1. The van der Waals surface area contributed by atoms with Crippen molar-refractivity contribution in [3.05, 3.63) is 11.8 Å². The third kappa shape index (κ3) is 2.13. The molecule has 9 heteroatoms. The fourth-order valence-corrected chi connectivity index (χ4v) is 4.02. The van der Waals surface area contributed by atoms with Crippen molar-refractivity contribution in [3.63, 3.8) is 0 Å². The van der Waals surface area contributed by atoms with Gasteiger partial charge in [0.05, 0.1) is 24.4 Å². The van der Waals surface area contributed by atoms with Crippen LogP contribution in [0.5, 0.6) is 0 Å². The number of fused-ring (bicyclic) bond motifs is 2. The van der Waals surface area contributed by atoms with Crippen molar-refractivity contribution in [2.24, 2.45) is 0 Å². The van der Waals surface area contributed by atoms with Gasteiger partial charge >= 0.3 is 5.97 Å². The molecule has 3 unspecified atom stereocenters. The summed E-state index contributed by atoms with van der Waals surface area (Å²) in [7, 11) is -3.93. The second-order valence-corrected chi connectivity index (χ2v) is 6.41. The predicted octanol–water partition coefficient (Wildman–Crippen LogP) is -0.294. The molecular formula is C10H13N3O5S. The molecule has 3 heterocycles. The largest absolute Gasteiger partial charge is 0.478 e. The molecule has 0 spiro atoms. The van der Waals surface area contributed by atoms with Crippen LogP contribution in [0.4, 0.5) is 0 Å². The fraction of sp³-hybridized carbons (Fsp3) is 0.600. The van der Waals surface area contributed by atoms with Gasteiger partial charge in [0, 0.05) is 0 Å². The Morgan fingerprint density at radius 3 is 2.89 bits per heavy atom. The van der Waals surface area contributed by atoms with Gasteiger partial charge in [-0.25, -0.2) is 17.9 Å². The lowest BCUT2D eigenvalue weighted by molar-refractivity contribution is 0.0692. The maximum absolute atomic E-state index is 12.1. The van der Waals surface area contributed by atoms with E-state index < -0.39 is 21.0 Å². The normalized spacial score (nSPS) is 29.8. The van der Waals surface area contributed by atoms with E-state index in [0.717, 1.165) is 19.0 Å². The molecule has 3 rings (SSSR count). The molecule has 1 aromatic rings. The monoisotopic (exact) mass is 287 g/mol. The zero-order valence-corrected chi connectivity index (χ0v) is 10.7. The Hall–Kier alpha value is -1.45. The Kier molecular flexibility index (Phi) is 2.84. The number of nitrogens with one attached hydrogen (secondary N) is 2. The number of hydrogen-bond donors (Lipinski definition) is 3. The second kappa shape index (κ2) is 4.29. The number of aromatic nitrogens is 2. The number of carboxylic acids is 1. The van der Waals surface area contributed by atoms with Gasteiger partial charge in [-0.05, 0) is 19.3 Å².